The molecule has 2 heteroatoms. The molecule has 1 atom stereocenters. The Morgan fingerprint density at radius 2 is 1.90 bits per heavy atom. The molecule has 0 radical (unpaired) electrons. The van der Waals surface area contributed by atoms with E-state index in [0.29, 0.717) is 6.42 Å². The normalized spacial score (nSPS) is 13.6. The fourth-order valence-electron chi connectivity index (χ4n) is 0.706. The van der Waals surface area contributed by atoms with E-state index in [4.69, 9.17) is 10.2 Å². The molecule has 0 spiro atoms. The molecule has 0 aliphatic heterocycles. The van der Waals surface area contributed by atoms with E-state index in [1.165, 1.54) is 0 Å². The zero-order valence-electron chi connectivity index (χ0n) is 6.68. The molecule has 0 amide bonds. The van der Waals surface area contributed by atoms with Crippen molar-refractivity contribution < 1.29 is 10.2 Å². The van der Waals surface area contributed by atoms with Crippen molar-refractivity contribution in [3.63, 3.8) is 0 Å². The highest BCUT2D eigenvalue weighted by atomic mass is 16.3. The van der Waals surface area contributed by atoms with Gasteiger partial charge < -0.3 is 10.2 Å². The van der Waals surface area contributed by atoms with E-state index in [2.05, 4.69) is 5.92 Å². The van der Waals surface area contributed by atoms with Crippen LogP contribution in [0.25, 0.3) is 0 Å². The van der Waals surface area contributed by atoms with Crippen molar-refractivity contribution in [3.05, 3.63) is 0 Å². The highest BCUT2D eigenvalue weighted by Crippen LogP contribution is 2.20. The number of aliphatic hydroxyl groups is 2. The topological polar surface area (TPSA) is 40.5 Å². The van der Waals surface area contributed by atoms with Gasteiger partial charge >= 0.3 is 0 Å². The van der Waals surface area contributed by atoms with Gasteiger partial charge in [-0.05, 0) is 17.8 Å². The molecule has 0 heterocycles. The van der Waals surface area contributed by atoms with Crippen LogP contribution < -0.4 is 0 Å². The average Bonchev–Trinajstić information content (AvgIpc) is 1.59. The summed E-state index contributed by atoms with van der Waals surface area (Å²) in [7, 11) is 0. The Bertz CT molecular complexity index is 145. The van der Waals surface area contributed by atoms with Gasteiger partial charge in [0.05, 0.1) is 0 Å². The first-order valence-electron chi connectivity index (χ1n) is 3.28. The lowest BCUT2D eigenvalue weighted by Gasteiger charge is -2.18. The summed E-state index contributed by atoms with van der Waals surface area (Å²) in [5, 5.41) is 17.2. The van der Waals surface area contributed by atoms with Crippen molar-refractivity contribution >= 4 is 0 Å². The molecule has 1 unspecified atom stereocenters. The summed E-state index contributed by atoms with van der Waals surface area (Å²) in [4.78, 5) is 0. The second-order valence-corrected chi connectivity index (χ2v) is 3.54. The third kappa shape index (κ3) is 5.46. The highest BCUT2D eigenvalue weighted by Gasteiger charge is 2.14. The van der Waals surface area contributed by atoms with E-state index in [-0.39, 0.29) is 5.41 Å². The summed E-state index contributed by atoms with van der Waals surface area (Å²) < 4.78 is 0. The van der Waals surface area contributed by atoms with Gasteiger partial charge in [-0.3, -0.25) is 0 Å². The molecule has 10 heavy (non-hydrogen) atoms. The maximum absolute atomic E-state index is 9.05. The molecule has 58 valence electrons. The number of hydrogen-bond donors (Lipinski definition) is 2. The van der Waals surface area contributed by atoms with E-state index in [1.807, 2.05) is 20.8 Å². The van der Waals surface area contributed by atoms with Crippen LogP contribution in [-0.2, 0) is 0 Å². The summed E-state index contributed by atoms with van der Waals surface area (Å²) in [6.45, 7) is 6.03. The van der Waals surface area contributed by atoms with Gasteiger partial charge in [-0.25, -0.2) is 0 Å². The first kappa shape index (κ1) is 9.32. The molecule has 0 bridgehead atoms. The maximum Gasteiger partial charge on any atom is 0.118 e. The van der Waals surface area contributed by atoms with Crippen LogP contribution >= 0.6 is 0 Å². The molecule has 0 aromatic heterocycles. The minimum atomic E-state index is -0.704. The SMILES string of the molecule is CC(C)(C)CC(O)C#CO. The van der Waals surface area contributed by atoms with Gasteiger partial charge in [0.1, 0.15) is 12.2 Å². The van der Waals surface area contributed by atoms with Crippen LogP contribution in [0.5, 0.6) is 0 Å². The van der Waals surface area contributed by atoms with Crippen molar-refractivity contribution in [1.82, 2.24) is 0 Å². The number of hydrogen-bond acceptors (Lipinski definition) is 2. The molecule has 0 aliphatic rings. The zero-order valence-corrected chi connectivity index (χ0v) is 6.68. The molecule has 0 fully saturated rings. The van der Waals surface area contributed by atoms with Crippen LogP contribution in [0.1, 0.15) is 27.2 Å². The van der Waals surface area contributed by atoms with Gasteiger partial charge in [0.15, 0.2) is 0 Å². The minimum absolute atomic E-state index is 0.0588. The number of rotatable bonds is 1. The lowest BCUT2D eigenvalue weighted by molar-refractivity contribution is 0.169. The largest absolute Gasteiger partial charge is 0.462 e. The van der Waals surface area contributed by atoms with Crippen LogP contribution in [0.2, 0.25) is 0 Å². The predicted molar refractivity (Wildman–Crippen MR) is 39.8 cm³/mol. The van der Waals surface area contributed by atoms with Crippen molar-refractivity contribution in [2.24, 2.45) is 5.41 Å². The van der Waals surface area contributed by atoms with E-state index in [0.717, 1.165) is 0 Å². The molecule has 2 N–H and O–H groups in total. The molecular formula is C8H14O2. The van der Waals surface area contributed by atoms with Gasteiger partial charge in [-0.15, -0.1) is 0 Å². The molecule has 0 saturated carbocycles. The second kappa shape index (κ2) is 3.48. The molecule has 0 aromatic carbocycles. The maximum atomic E-state index is 9.05. The van der Waals surface area contributed by atoms with E-state index in [9.17, 15) is 0 Å². The molecule has 0 aromatic rings. The van der Waals surface area contributed by atoms with Gasteiger partial charge in [0.2, 0.25) is 0 Å². The van der Waals surface area contributed by atoms with Crippen LogP contribution in [0.3, 0.4) is 0 Å². The Morgan fingerprint density at radius 1 is 1.40 bits per heavy atom. The average molecular weight is 142 g/mol. The fraction of sp³-hybridized carbons (Fsp3) is 0.750. The summed E-state index contributed by atoms with van der Waals surface area (Å²) >= 11 is 0. The van der Waals surface area contributed by atoms with Gasteiger partial charge in [-0.1, -0.05) is 20.8 Å². The Hall–Kier alpha value is -0.680. The molecule has 0 rings (SSSR count). The van der Waals surface area contributed by atoms with E-state index in [1.54, 1.807) is 6.11 Å². The third-order valence-corrected chi connectivity index (χ3v) is 1.04. The highest BCUT2D eigenvalue weighted by molar-refractivity contribution is 4.98. The first-order chi connectivity index (χ1) is 4.45. The molecular weight excluding hydrogens is 128 g/mol. The third-order valence-electron chi connectivity index (χ3n) is 1.04. The van der Waals surface area contributed by atoms with E-state index < -0.39 is 6.10 Å². The van der Waals surface area contributed by atoms with Gasteiger partial charge in [0, 0.05) is 0 Å². The summed E-state index contributed by atoms with van der Waals surface area (Å²) in [5.74, 6) is 2.26. The van der Waals surface area contributed by atoms with Crippen molar-refractivity contribution in [3.8, 4) is 12.0 Å². The Balaban J connectivity index is 3.76. The Kier molecular flexibility index (Phi) is 3.24. The van der Waals surface area contributed by atoms with Crippen molar-refractivity contribution in [2.75, 3.05) is 0 Å². The molecule has 0 saturated heterocycles. The predicted octanol–water partition coefficient (Wildman–Crippen LogP) is 1.12. The summed E-state index contributed by atoms with van der Waals surface area (Å²) in [6, 6.07) is 0. The quantitative estimate of drug-likeness (QED) is 0.538. The summed E-state index contributed by atoms with van der Waals surface area (Å²) in [6.07, 6.45) is 1.57. The van der Waals surface area contributed by atoms with Gasteiger partial charge in [-0.2, -0.15) is 0 Å². The van der Waals surface area contributed by atoms with Gasteiger partial charge in [0.25, 0.3) is 0 Å². The van der Waals surface area contributed by atoms with Crippen LogP contribution in [-0.4, -0.2) is 16.3 Å². The first-order valence-corrected chi connectivity index (χ1v) is 3.28. The van der Waals surface area contributed by atoms with Crippen molar-refractivity contribution in [1.29, 1.82) is 0 Å². The zero-order chi connectivity index (χ0) is 8.20. The lowest BCUT2D eigenvalue weighted by Crippen LogP contribution is -2.15. The second-order valence-electron chi connectivity index (χ2n) is 3.54. The van der Waals surface area contributed by atoms with Crippen LogP contribution in [0.4, 0.5) is 0 Å². The van der Waals surface area contributed by atoms with Crippen LogP contribution in [0.15, 0.2) is 0 Å². The van der Waals surface area contributed by atoms with E-state index >= 15 is 0 Å². The lowest BCUT2D eigenvalue weighted by atomic mass is 9.89. The minimum Gasteiger partial charge on any atom is -0.462 e. The fourth-order valence-corrected chi connectivity index (χ4v) is 0.706. The number of aliphatic hydroxyl groups excluding tert-OH is 2. The standard InChI is InChI=1S/C8H14O2/c1-8(2,3)6-7(10)4-5-9/h7,9-10H,6H2,1-3H3. The molecule has 2 nitrogen and oxygen atoms in total. The smallest absolute Gasteiger partial charge is 0.118 e. The molecule has 0 aliphatic carbocycles. The Labute approximate surface area is 61.9 Å². The van der Waals surface area contributed by atoms with Crippen molar-refractivity contribution in [2.45, 2.75) is 33.3 Å². The Morgan fingerprint density at radius 3 is 2.20 bits per heavy atom. The summed E-state index contributed by atoms with van der Waals surface area (Å²) in [5.41, 5.74) is 0.0588. The van der Waals surface area contributed by atoms with Crippen LogP contribution in [0, 0.1) is 17.4 Å². The monoisotopic (exact) mass is 142 g/mol.